The number of methoxy groups -OCH3 is 1. The minimum Gasteiger partial charge on any atom is -0.465 e. The highest BCUT2D eigenvalue weighted by Gasteiger charge is 2.20. The van der Waals surface area contributed by atoms with Crippen LogP contribution in [0.1, 0.15) is 29.6 Å². The summed E-state index contributed by atoms with van der Waals surface area (Å²) in [6.07, 6.45) is 3.56. The van der Waals surface area contributed by atoms with Gasteiger partial charge in [-0.2, -0.15) is 4.98 Å². The number of carbonyl (C=O) groups excluding carboxylic acids is 1. The van der Waals surface area contributed by atoms with E-state index < -0.39 is 0 Å². The Morgan fingerprint density at radius 3 is 2.84 bits per heavy atom. The van der Waals surface area contributed by atoms with E-state index in [1.54, 1.807) is 12.1 Å². The molecule has 0 N–H and O–H groups in total. The molecule has 0 radical (unpaired) electrons. The molecule has 0 spiro atoms. The molecule has 0 amide bonds. The van der Waals surface area contributed by atoms with Crippen LogP contribution >= 0.6 is 0 Å². The van der Waals surface area contributed by atoms with Gasteiger partial charge in [-0.25, -0.2) is 4.79 Å². The van der Waals surface area contributed by atoms with Crippen LogP contribution in [0.25, 0.3) is 11.1 Å². The number of fused-ring (bicyclic) bond motifs is 1. The minimum atomic E-state index is -0.385. The van der Waals surface area contributed by atoms with E-state index in [-0.39, 0.29) is 5.97 Å². The van der Waals surface area contributed by atoms with Gasteiger partial charge in [-0.3, -0.25) is 0 Å². The van der Waals surface area contributed by atoms with Gasteiger partial charge in [-0.1, -0.05) is 6.07 Å². The van der Waals surface area contributed by atoms with Crippen LogP contribution in [0.15, 0.2) is 22.6 Å². The van der Waals surface area contributed by atoms with Gasteiger partial charge in [0.2, 0.25) is 0 Å². The van der Waals surface area contributed by atoms with Gasteiger partial charge in [0.15, 0.2) is 5.58 Å². The summed E-state index contributed by atoms with van der Waals surface area (Å²) >= 11 is 0. The number of carbonyl (C=O) groups is 1. The molecule has 2 heterocycles. The predicted molar refractivity (Wildman–Crippen MR) is 71.4 cm³/mol. The molecule has 1 aromatic carbocycles. The topological polar surface area (TPSA) is 55.6 Å². The van der Waals surface area contributed by atoms with Crippen molar-refractivity contribution in [1.82, 2.24) is 4.98 Å². The lowest BCUT2D eigenvalue weighted by Crippen LogP contribution is -2.29. The molecule has 3 rings (SSSR count). The van der Waals surface area contributed by atoms with Crippen molar-refractivity contribution < 1.29 is 13.9 Å². The molecule has 19 heavy (non-hydrogen) atoms. The number of ether oxygens (including phenoxy) is 1. The molecular weight excluding hydrogens is 244 g/mol. The first-order chi connectivity index (χ1) is 9.29. The van der Waals surface area contributed by atoms with E-state index in [1.165, 1.54) is 13.5 Å². The number of rotatable bonds is 2. The van der Waals surface area contributed by atoms with Crippen molar-refractivity contribution in [2.75, 3.05) is 25.1 Å². The maximum absolute atomic E-state index is 11.7. The Morgan fingerprint density at radius 1 is 1.32 bits per heavy atom. The minimum absolute atomic E-state index is 0.385. The van der Waals surface area contributed by atoms with Gasteiger partial charge in [0.05, 0.1) is 12.7 Å². The van der Waals surface area contributed by atoms with Gasteiger partial charge in [-0.05, 0) is 31.4 Å². The lowest BCUT2D eigenvalue weighted by Gasteiger charge is -2.24. The van der Waals surface area contributed by atoms with Gasteiger partial charge in [0, 0.05) is 13.1 Å². The third-order valence-corrected chi connectivity index (χ3v) is 3.44. The van der Waals surface area contributed by atoms with Crippen LogP contribution in [0, 0.1) is 0 Å². The molecule has 100 valence electrons. The fourth-order valence-corrected chi connectivity index (χ4v) is 2.43. The van der Waals surface area contributed by atoms with E-state index in [9.17, 15) is 4.79 Å². The van der Waals surface area contributed by atoms with E-state index in [1.807, 2.05) is 6.07 Å². The summed E-state index contributed by atoms with van der Waals surface area (Å²) in [6, 6.07) is 5.91. The molecule has 5 heteroatoms. The van der Waals surface area contributed by atoms with Crippen LogP contribution in [0.5, 0.6) is 0 Å². The SMILES string of the molecule is COC(=O)c1cccc2oc(N3CCCCC3)nc12. The highest BCUT2D eigenvalue weighted by Crippen LogP contribution is 2.26. The summed E-state index contributed by atoms with van der Waals surface area (Å²) in [5, 5.41) is 0. The summed E-state index contributed by atoms with van der Waals surface area (Å²) < 4.78 is 10.5. The number of aromatic nitrogens is 1. The van der Waals surface area contributed by atoms with Crippen LogP contribution in [0.2, 0.25) is 0 Å². The molecule has 1 saturated heterocycles. The number of nitrogens with zero attached hydrogens (tertiary/aromatic N) is 2. The second-order valence-electron chi connectivity index (χ2n) is 4.69. The summed E-state index contributed by atoms with van der Waals surface area (Å²) in [5.41, 5.74) is 1.66. The highest BCUT2D eigenvalue weighted by atomic mass is 16.5. The maximum atomic E-state index is 11.7. The van der Waals surface area contributed by atoms with Crippen LogP contribution in [0.4, 0.5) is 6.01 Å². The Kier molecular flexibility index (Phi) is 3.11. The number of hydrogen-bond donors (Lipinski definition) is 0. The Hall–Kier alpha value is -2.04. The van der Waals surface area contributed by atoms with Crippen LogP contribution in [-0.4, -0.2) is 31.2 Å². The first kappa shape index (κ1) is 12.0. The van der Waals surface area contributed by atoms with Gasteiger partial charge in [-0.15, -0.1) is 0 Å². The Morgan fingerprint density at radius 2 is 2.11 bits per heavy atom. The van der Waals surface area contributed by atoms with E-state index in [0.29, 0.717) is 22.7 Å². The molecule has 0 saturated carbocycles. The predicted octanol–water partition coefficient (Wildman–Crippen LogP) is 2.60. The van der Waals surface area contributed by atoms with Crippen LogP contribution in [-0.2, 0) is 4.74 Å². The second-order valence-corrected chi connectivity index (χ2v) is 4.69. The quantitative estimate of drug-likeness (QED) is 0.777. The summed E-state index contributed by atoms with van der Waals surface area (Å²) in [6.45, 7) is 1.92. The number of oxazole rings is 1. The number of hydrogen-bond acceptors (Lipinski definition) is 5. The third-order valence-electron chi connectivity index (χ3n) is 3.44. The molecule has 0 unspecified atom stereocenters. The van der Waals surface area contributed by atoms with E-state index >= 15 is 0 Å². The Labute approximate surface area is 111 Å². The molecule has 0 bridgehead atoms. The summed E-state index contributed by atoms with van der Waals surface area (Å²) in [5.74, 6) is -0.385. The largest absolute Gasteiger partial charge is 0.465 e. The zero-order chi connectivity index (χ0) is 13.2. The normalized spacial score (nSPS) is 15.7. The summed E-state index contributed by atoms with van der Waals surface area (Å²) in [7, 11) is 1.37. The van der Waals surface area contributed by atoms with Crippen LogP contribution < -0.4 is 4.90 Å². The van der Waals surface area contributed by atoms with E-state index in [4.69, 9.17) is 9.15 Å². The summed E-state index contributed by atoms with van der Waals surface area (Å²) in [4.78, 5) is 18.3. The number of esters is 1. The maximum Gasteiger partial charge on any atom is 0.340 e. The van der Waals surface area contributed by atoms with Crippen LogP contribution in [0.3, 0.4) is 0 Å². The molecule has 1 aliphatic heterocycles. The van der Waals surface area contributed by atoms with Crippen molar-refractivity contribution >= 4 is 23.1 Å². The zero-order valence-electron chi connectivity index (χ0n) is 10.9. The number of piperidine rings is 1. The lowest BCUT2D eigenvalue weighted by molar-refractivity contribution is 0.0603. The van der Waals surface area contributed by atoms with Gasteiger partial charge >= 0.3 is 5.97 Å². The molecular formula is C14H16N2O3. The average Bonchev–Trinajstić information content (AvgIpc) is 2.91. The van der Waals surface area contributed by atoms with Crippen molar-refractivity contribution in [1.29, 1.82) is 0 Å². The zero-order valence-corrected chi connectivity index (χ0v) is 10.9. The fraction of sp³-hybridized carbons (Fsp3) is 0.429. The van der Waals surface area contributed by atoms with Crippen molar-refractivity contribution in [3.05, 3.63) is 23.8 Å². The number of anilines is 1. The van der Waals surface area contributed by atoms with Crippen molar-refractivity contribution in [2.45, 2.75) is 19.3 Å². The highest BCUT2D eigenvalue weighted by molar-refractivity contribution is 6.01. The standard InChI is InChI=1S/C14H16N2O3/c1-18-13(17)10-6-5-7-11-12(10)15-14(19-11)16-8-3-2-4-9-16/h5-7H,2-4,8-9H2,1H3. The lowest BCUT2D eigenvalue weighted by atomic mass is 10.1. The third kappa shape index (κ3) is 2.16. The molecule has 5 nitrogen and oxygen atoms in total. The first-order valence-corrected chi connectivity index (χ1v) is 6.52. The Balaban J connectivity index is 2.02. The Bertz CT molecular complexity index is 600. The van der Waals surface area contributed by atoms with Gasteiger partial charge in [0.25, 0.3) is 6.01 Å². The van der Waals surface area contributed by atoms with Crippen molar-refractivity contribution in [2.24, 2.45) is 0 Å². The van der Waals surface area contributed by atoms with Gasteiger partial charge in [0.1, 0.15) is 5.52 Å². The number of para-hydroxylation sites is 1. The van der Waals surface area contributed by atoms with E-state index in [2.05, 4.69) is 9.88 Å². The molecule has 0 atom stereocenters. The molecule has 0 aliphatic carbocycles. The molecule has 1 aliphatic rings. The molecule has 2 aromatic rings. The average molecular weight is 260 g/mol. The smallest absolute Gasteiger partial charge is 0.340 e. The number of benzene rings is 1. The van der Waals surface area contributed by atoms with E-state index in [0.717, 1.165) is 25.9 Å². The monoisotopic (exact) mass is 260 g/mol. The first-order valence-electron chi connectivity index (χ1n) is 6.52. The van der Waals surface area contributed by atoms with Gasteiger partial charge < -0.3 is 14.1 Å². The van der Waals surface area contributed by atoms with Crippen molar-refractivity contribution in [3.8, 4) is 0 Å². The molecule has 1 aromatic heterocycles. The molecule has 1 fully saturated rings. The van der Waals surface area contributed by atoms with Crippen molar-refractivity contribution in [3.63, 3.8) is 0 Å². The fourth-order valence-electron chi connectivity index (χ4n) is 2.43. The second kappa shape index (κ2) is 4.91.